The van der Waals surface area contributed by atoms with Gasteiger partial charge in [0.1, 0.15) is 30.3 Å². The molecule has 2 aromatic carbocycles. The van der Waals surface area contributed by atoms with Gasteiger partial charge in [0, 0.05) is 97.5 Å². The van der Waals surface area contributed by atoms with Crippen LogP contribution in [0.1, 0.15) is 169 Å². The van der Waals surface area contributed by atoms with Crippen molar-refractivity contribution in [1.29, 1.82) is 0 Å². The van der Waals surface area contributed by atoms with Crippen LogP contribution in [0.2, 0.25) is 0 Å². The molecule has 2 aliphatic rings. The summed E-state index contributed by atoms with van der Waals surface area (Å²) in [5.41, 5.74) is 7.37. The number of rotatable bonds is 43. The van der Waals surface area contributed by atoms with E-state index in [9.17, 15) is 62.6 Å². The maximum Gasteiger partial charge on any atom is 0.410 e. The summed E-state index contributed by atoms with van der Waals surface area (Å²) in [6.45, 7) is 16.9. The molecule has 0 saturated carbocycles. The van der Waals surface area contributed by atoms with Crippen LogP contribution in [0.25, 0.3) is 0 Å². The number of carboxylic acid groups (broad SMARTS) is 1. The lowest BCUT2D eigenvalue weighted by molar-refractivity contribution is -0.148. The summed E-state index contributed by atoms with van der Waals surface area (Å²) < 4.78 is 17.8. The molecule has 23 nitrogen and oxygen atoms in total. The zero-order chi connectivity index (χ0) is 70.8. The van der Waals surface area contributed by atoms with Gasteiger partial charge in [0.2, 0.25) is 29.5 Å². The molecule has 95 heavy (non-hydrogen) atoms. The molecule has 0 spiro atoms. The number of likely N-dealkylation sites (N-methyl/N-ethyl adjacent to an activating group) is 2. The number of nitrogens with two attached hydrogens (primary N) is 1. The molecule has 2 aromatic rings. The van der Waals surface area contributed by atoms with Crippen LogP contribution in [0.4, 0.5) is 4.79 Å². The van der Waals surface area contributed by atoms with Gasteiger partial charge in [0.15, 0.2) is 5.78 Å². The second kappa shape index (κ2) is 39.4. The lowest BCUT2D eigenvalue weighted by atomic mass is 9.85. The van der Waals surface area contributed by atoms with E-state index in [1.807, 2.05) is 58.0 Å². The van der Waals surface area contributed by atoms with Gasteiger partial charge in [-0.1, -0.05) is 136 Å². The largest absolute Gasteiger partial charge is 0.481 e. The number of hydrogen-bond acceptors (Lipinski definition) is 15. The number of imide groups is 1. The van der Waals surface area contributed by atoms with Crippen molar-refractivity contribution in [2.45, 2.75) is 214 Å². The lowest BCUT2D eigenvalue weighted by Crippen LogP contribution is -2.60. The van der Waals surface area contributed by atoms with Crippen LogP contribution >= 0.6 is 0 Å². The molecule has 1 unspecified atom stereocenters. The zero-order valence-electron chi connectivity index (χ0n) is 58.3. The van der Waals surface area contributed by atoms with E-state index >= 15 is 0 Å². The van der Waals surface area contributed by atoms with E-state index in [0.29, 0.717) is 69.0 Å². The molecule has 0 aliphatic carbocycles. The van der Waals surface area contributed by atoms with Crippen LogP contribution in [-0.2, 0) is 86.4 Å². The number of ketones is 3. The Bertz CT molecular complexity index is 2930. The monoisotopic (exact) mass is 1330 g/mol. The van der Waals surface area contributed by atoms with Crippen LogP contribution in [0.5, 0.6) is 0 Å². The zero-order valence-corrected chi connectivity index (χ0v) is 58.3. The molecule has 1 saturated heterocycles. The second-order valence-corrected chi connectivity index (χ2v) is 26.9. The van der Waals surface area contributed by atoms with Crippen LogP contribution in [-0.4, -0.2) is 179 Å². The fourth-order valence-electron chi connectivity index (χ4n) is 12.9. The van der Waals surface area contributed by atoms with Crippen molar-refractivity contribution in [3.63, 3.8) is 0 Å². The van der Waals surface area contributed by atoms with E-state index in [0.717, 1.165) is 10.5 Å². The molecule has 0 bridgehead atoms. The fourth-order valence-corrected chi connectivity index (χ4v) is 12.9. The number of benzene rings is 2. The Balaban J connectivity index is 1.38. The number of carbonyl (C=O) groups excluding carboxylic acids is 11. The number of nitrogens with zero attached hydrogens (tertiary/aromatic N) is 4. The molecule has 4 rings (SSSR count). The number of hydrogen-bond donors (Lipinski definition) is 4. The summed E-state index contributed by atoms with van der Waals surface area (Å²) in [6, 6.07) is 11.7. The van der Waals surface area contributed by atoms with Crippen LogP contribution in [0, 0.1) is 41.4 Å². The average Bonchev–Trinajstić information content (AvgIpc) is 1.81. The summed E-state index contributed by atoms with van der Waals surface area (Å²) in [5, 5.41) is 15.9. The van der Waals surface area contributed by atoms with E-state index in [-0.39, 0.29) is 111 Å². The number of methoxy groups -OCH3 is 2. The highest BCUT2D eigenvalue weighted by Gasteiger charge is 2.44. The molecular formula is C72H107N7O16. The smallest absolute Gasteiger partial charge is 0.410 e. The lowest BCUT2D eigenvalue weighted by Gasteiger charge is -2.41. The Morgan fingerprint density at radius 2 is 1.33 bits per heavy atom. The normalized spacial score (nSPS) is 17.1. The molecule has 0 aromatic heterocycles. The highest BCUT2D eigenvalue weighted by Crippen LogP contribution is 2.32. The number of primary amides is 1. The molecule has 2 aliphatic heterocycles. The molecule has 526 valence electrons. The van der Waals surface area contributed by atoms with E-state index in [1.54, 1.807) is 70.8 Å². The summed E-state index contributed by atoms with van der Waals surface area (Å²) >= 11 is 0. The first kappa shape index (κ1) is 79.8. The number of Topliss-reactive ketones (excluding diaryl/α,β-unsaturated/α-hetero) is 3. The minimum Gasteiger partial charge on any atom is -0.481 e. The standard InChI is InChI=1S/C72H107N7O16/c1-14-47(8)66(59(93-12)42-63(86)78-37-23-28-56(78)67(94-13)48(9)57(81)40-52(71(90)91)38-49-24-17-15-18-25-49)76(10)70(89)64(45(4)5)75-69(88)65(46(6)7)77(11)72(92)95-43-51-32-30-50(31-33-51)39-58(82)55(27-20-21-29-60(73)83)74-68(87)54(44(2)3)41-53(80)26-19-16-22-36-79-61(84)34-35-62(79)85/h15,17-18,24-25,30-35,44-48,52,54-56,59,64-67H,14,16,19-23,26-29,36-43H2,1-13H3,(H2,73,83)(H,74,87)(H,75,88)(H,90,91)/t47-,48+,52-,54+,55+,56+,59-,64+,65?,66+,67-/m1/s1. The van der Waals surface area contributed by atoms with E-state index in [4.69, 9.17) is 19.9 Å². The van der Waals surface area contributed by atoms with Crippen LogP contribution in [0.15, 0.2) is 66.7 Å². The molecule has 8 amide bonds. The summed E-state index contributed by atoms with van der Waals surface area (Å²) in [6.07, 6.45) is 4.79. The van der Waals surface area contributed by atoms with Crippen molar-refractivity contribution in [3.8, 4) is 0 Å². The van der Waals surface area contributed by atoms with Crippen molar-refractivity contribution in [1.82, 2.24) is 30.2 Å². The Labute approximate surface area is 561 Å². The highest BCUT2D eigenvalue weighted by molar-refractivity contribution is 6.12. The number of carbonyl (C=O) groups is 12. The summed E-state index contributed by atoms with van der Waals surface area (Å²) in [7, 11) is 6.04. The summed E-state index contributed by atoms with van der Waals surface area (Å²) in [4.78, 5) is 165. The first-order valence-corrected chi connectivity index (χ1v) is 33.8. The van der Waals surface area contributed by atoms with Crippen molar-refractivity contribution in [3.05, 3.63) is 83.4 Å². The number of aliphatic carboxylic acids is 1. The minimum absolute atomic E-state index is 0.0300. The Morgan fingerprint density at radius 1 is 0.695 bits per heavy atom. The molecule has 1 fully saturated rings. The van der Waals surface area contributed by atoms with Gasteiger partial charge >= 0.3 is 12.1 Å². The van der Waals surface area contributed by atoms with Gasteiger partial charge in [-0.2, -0.15) is 0 Å². The molecule has 0 radical (unpaired) electrons. The minimum atomic E-state index is -1.08. The first-order valence-electron chi connectivity index (χ1n) is 33.8. The molecule has 11 atom stereocenters. The van der Waals surface area contributed by atoms with Crippen molar-refractivity contribution < 1.29 is 76.9 Å². The van der Waals surface area contributed by atoms with Gasteiger partial charge in [-0.3, -0.25) is 62.5 Å². The van der Waals surface area contributed by atoms with Crippen LogP contribution in [0.3, 0.4) is 0 Å². The summed E-state index contributed by atoms with van der Waals surface area (Å²) in [5.74, 6) is -8.34. The van der Waals surface area contributed by atoms with E-state index in [1.165, 1.54) is 43.2 Å². The Kier molecular flexibility index (Phi) is 33.1. The van der Waals surface area contributed by atoms with Crippen molar-refractivity contribution >= 4 is 70.8 Å². The topological polar surface area (TPSA) is 316 Å². The van der Waals surface area contributed by atoms with Gasteiger partial charge in [-0.05, 0) is 85.3 Å². The SMILES string of the molecule is CC[C@@H](C)[C@@H]([C@@H](CC(=O)N1CCC[C@H]1[C@H](OC)[C@@H](C)C(=O)C[C@@H](Cc1ccccc1)C(=O)O)OC)N(C)C(=O)[C@@H](NC(=O)C(C(C)C)N(C)C(=O)OCc1ccc(CC(=O)[C@H](CCCCC(N)=O)NC(=O)[C@@H](CC(=O)CCCCCN2C(=O)C=CC2=O)C(C)C)cc1)C(C)C. The maximum atomic E-state index is 14.8. The maximum absolute atomic E-state index is 14.8. The van der Waals surface area contributed by atoms with Gasteiger partial charge in [-0.25, -0.2) is 4.79 Å². The molecule has 5 N–H and O–H groups in total. The van der Waals surface area contributed by atoms with E-state index in [2.05, 4.69) is 10.6 Å². The number of nitrogens with one attached hydrogen (secondary N) is 2. The third-order valence-corrected chi connectivity index (χ3v) is 18.8. The van der Waals surface area contributed by atoms with E-state index < -0.39 is 108 Å². The predicted octanol–water partition coefficient (Wildman–Crippen LogP) is 7.60. The Hall–Kier alpha value is -7.66. The second-order valence-electron chi connectivity index (χ2n) is 26.9. The highest BCUT2D eigenvalue weighted by atomic mass is 16.6. The van der Waals surface area contributed by atoms with Crippen molar-refractivity contribution in [2.75, 3.05) is 41.4 Å². The third kappa shape index (κ3) is 24.2. The quantitative estimate of drug-likeness (QED) is 0.0367. The molecule has 2 heterocycles. The molecule has 23 heteroatoms. The van der Waals surface area contributed by atoms with Crippen LogP contribution < -0.4 is 16.4 Å². The van der Waals surface area contributed by atoms with Gasteiger partial charge in [-0.15, -0.1) is 0 Å². The Morgan fingerprint density at radius 3 is 1.89 bits per heavy atom. The number of ether oxygens (including phenoxy) is 3. The average molecular weight is 1330 g/mol. The number of unbranched alkanes of at least 4 members (excludes halogenated alkanes) is 3. The first-order chi connectivity index (χ1) is 44.9. The number of amides is 8. The fraction of sp³-hybridized carbons (Fsp3) is 0.639. The van der Waals surface area contributed by atoms with Gasteiger partial charge < -0.3 is 45.5 Å². The van der Waals surface area contributed by atoms with Crippen molar-refractivity contribution in [2.24, 2.45) is 47.2 Å². The number of likely N-dealkylation sites (tertiary alicyclic amines) is 1. The third-order valence-electron chi connectivity index (χ3n) is 18.8. The predicted molar refractivity (Wildman–Crippen MR) is 357 cm³/mol. The van der Waals surface area contributed by atoms with Gasteiger partial charge in [0.25, 0.3) is 11.8 Å². The van der Waals surface area contributed by atoms with Gasteiger partial charge in [0.05, 0.1) is 42.7 Å². The molecular weight excluding hydrogens is 1220 g/mol. The number of carboxylic acids is 1.